The van der Waals surface area contributed by atoms with Gasteiger partial charge in [0.1, 0.15) is 5.75 Å². The van der Waals surface area contributed by atoms with E-state index >= 15 is 0 Å². The van der Waals surface area contributed by atoms with Crippen LogP contribution < -0.4 is 0 Å². The van der Waals surface area contributed by atoms with Crippen molar-refractivity contribution in [1.82, 2.24) is 0 Å². The fourth-order valence-corrected chi connectivity index (χ4v) is 2.40. The van der Waals surface area contributed by atoms with Crippen molar-refractivity contribution in [2.24, 2.45) is 5.92 Å². The third-order valence-electron chi connectivity index (χ3n) is 3.77. The molecule has 1 fully saturated rings. The van der Waals surface area contributed by atoms with Gasteiger partial charge in [-0.1, -0.05) is 38.5 Å². The summed E-state index contributed by atoms with van der Waals surface area (Å²) in [6, 6.07) is 6.25. The molecule has 1 atom stereocenters. The number of unbranched alkanes of at least 4 members (excludes halogenated alkanes) is 1. The Hall–Kier alpha value is -0.980. The molecule has 1 aliphatic rings. The number of rotatable bonds is 5. The van der Waals surface area contributed by atoms with Crippen molar-refractivity contribution in [1.29, 1.82) is 0 Å². The van der Waals surface area contributed by atoms with E-state index in [2.05, 4.69) is 32.0 Å². The van der Waals surface area contributed by atoms with Gasteiger partial charge in [0, 0.05) is 0 Å². The van der Waals surface area contributed by atoms with E-state index in [0.717, 1.165) is 29.9 Å². The topological polar surface area (TPSA) is 20.2 Å². The maximum Gasteiger partial charge on any atom is 0.122 e. The van der Waals surface area contributed by atoms with Gasteiger partial charge in [-0.25, -0.2) is 0 Å². The minimum atomic E-state index is 0.529. The first kappa shape index (κ1) is 11.5. The van der Waals surface area contributed by atoms with E-state index in [-0.39, 0.29) is 0 Å². The van der Waals surface area contributed by atoms with Crippen LogP contribution in [0.4, 0.5) is 0 Å². The van der Waals surface area contributed by atoms with Crippen LogP contribution in [-0.2, 0) is 6.42 Å². The van der Waals surface area contributed by atoms with Crippen molar-refractivity contribution < 1.29 is 5.11 Å². The summed E-state index contributed by atoms with van der Waals surface area (Å²) in [5.74, 6) is 1.91. The van der Waals surface area contributed by atoms with Crippen molar-refractivity contribution in [3.8, 4) is 5.75 Å². The monoisotopic (exact) mass is 218 g/mol. The van der Waals surface area contributed by atoms with Crippen LogP contribution in [0.25, 0.3) is 0 Å². The summed E-state index contributed by atoms with van der Waals surface area (Å²) >= 11 is 0. The van der Waals surface area contributed by atoms with Gasteiger partial charge in [0.2, 0.25) is 0 Å². The molecule has 1 aromatic rings. The maximum absolute atomic E-state index is 10.3. The lowest BCUT2D eigenvalue weighted by atomic mass is 9.92. The summed E-state index contributed by atoms with van der Waals surface area (Å²) in [5, 5.41) is 10.3. The van der Waals surface area contributed by atoms with E-state index in [0.29, 0.717) is 11.7 Å². The molecule has 1 N–H and O–H groups in total. The number of hydrogen-bond acceptors (Lipinski definition) is 1. The standard InChI is InChI=1S/C15H22O/c1-3-4-6-13-7-5-8-14(15(13)16)11(2)12-9-10-12/h5,7-8,11-12,16H,3-4,6,9-10H2,1-2H3. The number of aromatic hydroxyl groups is 1. The molecule has 1 aliphatic carbocycles. The molecule has 0 bridgehead atoms. The lowest BCUT2D eigenvalue weighted by Crippen LogP contribution is -1.98. The Morgan fingerprint density at radius 2 is 2.12 bits per heavy atom. The summed E-state index contributed by atoms with van der Waals surface area (Å²) in [6.45, 7) is 4.43. The van der Waals surface area contributed by atoms with E-state index in [9.17, 15) is 5.11 Å². The predicted octanol–water partition coefficient (Wildman–Crippen LogP) is 4.25. The Morgan fingerprint density at radius 1 is 1.38 bits per heavy atom. The van der Waals surface area contributed by atoms with Gasteiger partial charge in [0.25, 0.3) is 0 Å². The van der Waals surface area contributed by atoms with Gasteiger partial charge in [0.05, 0.1) is 0 Å². The molecule has 1 aromatic carbocycles. The highest BCUT2D eigenvalue weighted by atomic mass is 16.3. The SMILES string of the molecule is CCCCc1cccc(C(C)C2CC2)c1O. The van der Waals surface area contributed by atoms with Crippen molar-refractivity contribution in [3.05, 3.63) is 29.3 Å². The van der Waals surface area contributed by atoms with Crippen molar-refractivity contribution >= 4 is 0 Å². The van der Waals surface area contributed by atoms with Crippen LogP contribution in [0.2, 0.25) is 0 Å². The molecule has 0 spiro atoms. The lowest BCUT2D eigenvalue weighted by molar-refractivity contribution is 0.450. The second-order valence-corrected chi connectivity index (χ2v) is 5.08. The quantitative estimate of drug-likeness (QED) is 0.783. The minimum Gasteiger partial charge on any atom is -0.507 e. The highest BCUT2D eigenvalue weighted by molar-refractivity contribution is 5.43. The van der Waals surface area contributed by atoms with Gasteiger partial charge in [-0.05, 0) is 48.6 Å². The number of aryl methyl sites for hydroxylation is 1. The van der Waals surface area contributed by atoms with Gasteiger partial charge < -0.3 is 5.11 Å². The van der Waals surface area contributed by atoms with E-state index in [1.165, 1.54) is 19.3 Å². The van der Waals surface area contributed by atoms with Gasteiger partial charge in [0.15, 0.2) is 0 Å². The van der Waals surface area contributed by atoms with Crippen LogP contribution in [0.1, 0.15) is 56.6 Å². The molecule has 0 saturated heterocycles. The Bertz CT molecular complexity index is 352. The van der Waals surface area contributed by atoms with Gasteiger partial charge >= 0.3 is 0 Å². The number of hydrogen-bond donors (Lipinski definition) is 1. The van der Waals surface area contributed by atoms with Gasteiger partial charge in [-0.15, -0.1) is 0 Å². The van der Waals surface area contributed by atoms with Crippen molar-refractivity contribution in [2.45, 2.75) is 51.9 Å². The van der Waals surface area contributed by atoms with E-state index in [4.69, 9.17) is 0 Å². The van der Waals surface area contributed by atoms with Crippen LogP contribution in [0.3, 0.4) is 0 Å². The van der Waals surface area contributed by atoms with Crippen molar-refractivity contribution in [3.63, 3.8) is 0 Å². The number of phenols is 1. The smallest absolute Gasteiger partial charge is 0.122 e. The molecular formula is C15H22O. The second-order valence-electron chi connectivity index (χ2n) is 5.08. The third kappa shape index (κ3) is 2.40. The molecule has 1 saturated carbocycles. The van der Waals surface area contributed by atoms with Gasteiger partial charge in [-0.2, -0.15) is 0 Å². The third-order valence-corrected chi connectivity index (χ3v) is 3.77. The van der Waals surface area contributed by atoms with E-state index in [1.807, 2.05) is 0 Å². The largest absolute Gasteiger partial charge is 0.507 e. The molecule has 0 amide bonds. The molecule has 88 valence electrons. The Kier molecular flexibility index (Phi) is 3.52. The zero-order valence-electron chi connectivity index (χ0n) is 10.4. The molecule has 1 heteroatoms. The Labute approximate surface area is 98.5 Å². The average molecular weight is 218 g/mol. The highest BCUT2D eigenvalue weighted by Gasteiger charge is 2.30. The van der Waals surface area contributed by atoms with Crippen molar-refractivity contribution in [2.75, 3.05) is 0 Å². The summed E-state index contributed by atoms with van der Waals surface area (Å²) < 4.78 is 0. The molecule has 1 unspecified atom stereocenters. The zero-order valence-corrected chi connectivity index (χ0v) is 10.4. The number of phenolic OH excluding ortho intramolecular Hbond substituents is 1. The molecular weight excluding hydrogens is 196 g/mol. The summed E-state index contributed by atoms with van der Waals surface area (Å²) in [5.41, 5.74) is 2.29. The zero-order chi connectivity index (χ0) is 11.5. The second kappa shape index (κ2) is 4.90. The first-order chi connectivity index (χ1) is 7.74. The number of benzene rings is 1. The molecule has 0 heterocycles. The summed E-state index contributed by atoms with van der Waals surface area (Å²) in [6.07, 6.45) is 6.02. The Balaban J connectivity index is 2.17. The lowest BCUT2D eigenvalue weighted by Gasteiger charge is -2.15. The molecule has 16 heavy (non-hydrogen) atoms. The van der Waals surface area contributed by atoms with Crippen LogP contribution in [0, 0.1) is 5.92 Å². The molecule has 0 aromatic heterocycles. The fraction of sp³-hybridized carbons (Fsp3) is 0.600. The highest BCUT2D eigenvalue weighted by Crippen LogP contribution is 2.45. The molecule has 1 nitrogen and oxygen atoms in total. The van der Waals surface area contributed by atoms with Crippen LogP contribution >= 0.6 is 0 Å². The first-order valence-electron chi connectivity index (χ1n) is 6.54. The average Bonchev–Trinajstić information content (AvgIpc) is 3.11. The normalized spacial score (nSPS) is 17.4. The minimum absolute atomic E-state index is 0.529. The molecule has 0 radical (unpaired) electrons. The van der Waals surface area contributed by atoms with E-state index in [1.54, 1.807) is 0 Å². The number of para-hydroxylation sites is 1. The first-order valence-corrected chi connectivity index (χ1v) is 6.54. The van der Waals surface area contributed by atoms with Crippen LogP contribution in [0.5, 0.6) is 5.75 Å². The summed E-state index contributed by atoms with van der Waals surface area (Å²) in [4.78, 5) is 0. The maximum atomic E-state index is 10.3. The predicted molar refractivity (Wildman–Crippen MR) is 67.9 cm³/mol. The Morgan fingerprint density at radius 3 is 2.75 bits per heavy atom. The fourth-order valence-electron chi connectivity index (χ4n) is 2.40. The molecule has 0 aliphatic heterocycles. The van der Waals surface area contributed by atoms with Gasteiger partial charge in [-0.3, -0.25) is 0 Å². The van der Waals surface area contributed by atoms with Crippen LogP contribution in [0.15, 0.2) is 18.2 Å². The van der Waals surface area contributed by atoms with E-state index < -0.39 is 0 Å². The van der Waals surface area contributed by atoms with Crippen LogP contribution in [-0.4, -0.2) is 5.11 Å². The summed E-state index contributed by atoms with van der Waals surface area (Å²) in [7, 11) is 0. The molecule has 2 rings (SSSR count).